The van der Waals surface area contributed by atoms with E-state index < -0.39 is 10.0 Å². The SMILES string of the molecule is CCCS(=O)(=O)NCC(c1ccc(OC)cc1)c1c[nH]c2ccccc12. The lowest BCUT2D eigenvalue weighted by molar-refractivity contribution is 0.414. The third kappa shape index (κ3) is 4.08. The molecule has 0 saturated heterocycles. The Labute approximate surface area is 154 Å². The second-order valence-electron chi connectivity index (χ2n) is 6.28. The van der Waals surface area contributed by atoms with Crippen LogP contribution in [0.5, 0.6) is 5.75 Å². The summed E-state index contributed by atoms with van der Waals surface area (Å²) >= 11 is 0. The topological polar surface area (TPSA) is 71.2 Å². The molecule has 0 aliphatic rings. The van der Waals surface area contributed by atoms with Gasteiger partial charge in [0.1, 0.15) is 5.75 Å². The number of fused-ring (bicyclic) bond motifs is 1. The average molecular weight is 372 g/mol. The Morgan fingerprint density at radius 2 is 1.85 bits per heavy atom. The zero-order valence-corrected chi connectivity index (χ0v) is 15.8. The standard InChI is InChI=1S/C20H24N2O3S/c1-3-12-26(23,24)22-14-18(15-8-10-16(25-2)11-9-15)19-13-21-20-7-5-4-6-17(19)20/h4-11,13,18,21-22H,3,12,14H2,1-2H3. The van der Waals surface area contributed by atoms with Gasteiger partial charge in [0.15, 0.2) is 0 Å². The predicted molar refractivity (Wildman–Crippen MR) is 105 cm³/mol. The van der Waals surface area contributed by atoms with Crippen molar-refractivity contribution in [1.29, 1.82) is 0 Å². The number of benzene rings is 2. The molecule has 0 aliphatic carbocycles. The van der Waals surface area contributed by atoms with Crippen LogP contribution in [0.3, 0.4) is 0 Å². The molecule has 1 heterocycles. The molecule has 1 atom stereocenters. The number of H-pyrrole nitrogens is 1. The van der Waals surface area contributed by atoms with Gasteiger partial charge in [-0.2, -0.15) is 0 Å². The van der Waals surface area contributed by atoms with Gasteiger partial charge in [0.2, 0.25) is 10.0 Å². The van der Waals surface area contributed by atoms with E-state index in [0.29, 0.717) is 13.0 Å². The quantitative estimate of drug-likeness (QED) is 0.634. The van der Waals surface area contributed by atoms with Gasteiger partial charge < -0.3 is 9.72 Å². The molecule has 0 bridgehead atoms. The van der Waals surface area contributed by atoms with E-state index in [1.54, 1.807) is 7.11 Å². The molecular weight excluding hydrogens is 348 g/mol. The van der Waals surface area contributed by atoms with E-state index in [1.165, 1.54) is 0 Å². The van der Waals surface area contributed by atoms with Gasteiger partial charge >= 0.3 is 0 Å². The summed E-state index contributed by atoms with van der Waals surface area (Å²) in [4.78, 5) is 3.28. The molecule has 0 aliphatic heterocycles. The Bertz CT molecular complexity index is 962. The fourth-order valence-corrected chi connectivity index (χ4v) is 4.28. The minimum Gasteiger partial charge on any atom is -0.497 e. The summed E-state index contributed by atoms with van der Waals surface area (Å²) in [6.07, 6.45) is 2.56. The number of hydrogen-bond donors (Lipinski definition) is 2. The maximum absolute atomic E-state index is 12.2. The number of aromatic amines is 1. The lowest BCUT2D eigenvalue weighted by Gasteiger charge is -2.18. The van der Waals surface area contributed by atoms with Crippen LogP contribution in [-0.4, -0.2) is 32.8 Å². The summed E-state index contributed by atoms with van der Waals surface area (Å²) in [5.41, 5.74) is 3.15. The van der Waals surface area contributed by atoms with Gasteiger partial charge in [-0.05, 0) is 35.7 Å². The molecule has 6 heteroatoms. The van der Waals surface area contributed by atoms with Crippen molar-refractivity contribution in [1.82, 2.24) is 9.71 Å². The monoisotopic (exact) mass is 372 g/mol. The van der Waals surface area contributed by atoms with Crippen LogP contribution >= 0.6 is 0 Å². The Hall–Kier alpha value is -2.31. The van der Waals surface area contributed by atoms with Crippen LogP contribution in [0.25, 0.3) is 10.9 Å². The number of nitrogens with one attached hydrogen (secondary N) is 2. The summed E-state index contributed by atoms with van der Waals surface area (Å²) in [6.45, 7) is 2.18. The second-order valence-corrected chi connectivity index (χ2v) is 8.21. The summed E-state index contributed by atoms with van der Waals surface area (Å²) < 4.78 is 32.3. The van der Waals surface area contributed by atoms with E-state index in [2.05, 4.69) is 15.8 Å². The zero-order chi connectivity index (χ0) is 18.6. The molecule has 1 aromatic heterocycles. The molecule has 5 nitrogen and oxygen atoms in total. The normalized spacial score (nSPS) is 13.0. The number of sulfonamides is 1. The molecule has 3 aromatic rings. The first-order valence-corrected chi connectivity index (χ1v) is 10.4. The summed E-state index contributed by atoms with van der Waals surface area (Å²) in [6, 6.07) is 15.8. The van der Waals surface area contributed by atoms with Crippen LogP contribution in [0.15, 0.2) is 54.7 Å². The first-order valence-electron chi connectivity index (χ1n) is 8.71. The van der Waals surface area contributed by atoms with Crippen LogP contribution in [0.2, 0.25) is 0 Å². The highest BCUT2D eigenvalue weighted by Gasteiger charge is 2.20. The van der Waals surface area contributed by atoms with Crippen molar-refractivity contribution in [3.8, 4) is 5.75 Å². The third-order valence-electron chi connectivity index (χ3n) is 4.50. The average Bonchev–Trinajstić information content (AvgIpc) is 3.06. The third-order valence-corrected chi connectivity index (χ3v) is 6.05. The largest absolute Gasteiger partial charge is 0.497 e. The lowest BCUT2D eigenvalue weighted by atomic mass is 9.91. The van der Waals surface area contributed by atoms with Crippen LogP contribution < -0.4 is 9.46 Å². The molecule has 2 aromatic carbocycles. The lowest BCUT2D eigenvalue weighted by Crippen LogP contribution is -2.30. The van der Waals surface area contributed by atoms with Gasteiger partial charge in [-0.1, -0.05) is 37.3 Å². The van der Waals surface area contributed by atoms with Gasteiger partial charge in [0.25, 0.3) is 0 Å². The molecule has 138 valence electrons. The molecule has 0 radical (unpaired) electrons. The van der Waals surface area contributed by atoms with Gasteiger partial charge in [-0.15, -0.1) is 0 Å². The van der Waals surface area contributed by atoms with Crippen molar-refractivity contribution in [2.75, 3.05) is 19.4 Å². The molecule has 0 saturated carbocycles. The molecule has 0 fully saturated rings. The van der Waals surface area contributed by atoms with Crippen LogP contribution in [0.1, 0.15) is 30.4 Å². The molecule has 2 N–H and O–H groups in total. The van der Waals surface area contributed by atoms with Gasteiger partial charge in [0, 0.05) is 29.6 Å². The number of ether oxygens (including phenoxy) is 1. The van der Waals surface area contributed by atoms with Crippen molar-refractivity contribution in [2.24, 2.45) is 0 Å². The summed E-state index contributed by atoms with van der Waals surface area (Å²) in [5, 5.41) is 1.10. The Morgan fingerprint density at radius 3 is 2.54 bits per heavy atom. The Balaban J connectivity index is 1.98. The molecule has 3 rings (SSSR count). The summed E-state index contributed by atoms with van der Waals surface area (Å²) in [7, 11) is -1.65. The number of para-hydroxylation sites is 1. The van der Waals surface area contributed by atoms with E-state index in [0.717, 1.165) is 27.8 Å². The molecule has 0 spiro atoms. The van der Waals surface area contributed by atoms with E-state index >= 15 is 0 Å². The molecule has 26 heavy (non-hydrogen) atoms. The Kier molecular flexibility index (Phi) is 5.64. The van der Waals surface area contributed by atoms with E-state index in [-0.39, 0.29) is 11.7 Å². The maximum Gasteiger partial charge on any atom is 0.211 e. The van der Waals surface area contributed by atoms with E-state index in [4.69, 9.17) is 4.74 Å². The van der Waals surface area contributed by atoms with Crippen molar-refractivity contribution < 1.29 is 13.2 Å². The van der Waals surface area contributed by atoms with Crippen molar-refractivity contribution in [2.45, 2.75) is 19.3 Å². The highest BCUT2D eigenvalue weighted by molar-refractivity contribution is 7.89. The summed E-state index contributed by atoms with van der Waals surface area (Å²) in [5.74, 6) is 0.817. The first kappa shape index (κ1) is 18.5. The zero-order valence-electron chi connectivity index (χ0n) is 15.0. The minimum atomic E-state index is -3.28. The number of hydrogen-bond acceptors (Lipinski definition) is 3. The highest BCUT2D eigenvalue weighted by atomic mass is 32.2. The van der Waals surface area contributed by atoms with Crippen LogP contribution in [0.4, 0.5) is 0 Å². The molecule has 1 unspecified atom stereocenters. The minimum absolute atomic E-state index is 0.0938. The van der Waals surface area contributed by atoms with Gasteiger partial charge in [-0.25, -0.2) is 13.1 Å². The highest BCUT2D eigenvalue weighted by Crippen LogP contribution is 2.31. The van der Waals surface area contributed by atoms with Crippen molar-refractivity contribution >= 4 is 20.9 Å². The van der Waals surface area contributed by atoms with Crippen LogP contribution in [0, 0.1) is 0 Å². The molecule has 0 amide bonds. The maximum atomic E-state index is 12.2. The van der Waals surface area contributed by atoms with Crippen LogP contribution in [-0.2, 0) is 10.0 Å². The van der Waals surface area contributed by atoms with E-state index in [1.807, 2.05) is 55.6 Å². The number of rotatable bonds is 8. The van der Waals surface area contributed by atoms with Crippen molar-refractivity contribution in [3.63, 3.8) is 0 Å². The Morgan fingerprint density at radius 1 is 1.12 bits per heavy atom. The number of aromatic nitrogens is 1. The number of methoxy groups -OCH3 is 1. The van der Waals surface area contributed by atoms with Gasteiger partial charge in [0.05, 0.1) is 12.9 Å². The van der Waals surface area contributed by atoms with Crippen molar-refractivity contribution in [3.05, 3.63) is 65.9 Å². The smallest absolute Gasteiger partial charge is 0.211 e. The van der Waals surface area contributed by atoms with E-state index in [9.17, 15) is 8.42 Å². The van der Waals surface area contributed by atoms with Gasteiger partial charge in [-0.3, -0.25) is 0 Å². The second kappa shape index (κ2) is 7.93. The molecular formula is C20H24N2O3S. The fourth-order valence-electron chi connectivity index (χ4n) is 3.18. The first-order chi connectivity index (χ1) is 12.5. The fraction of sp³-hybridized carbons (Fsp3) is 0.300. The predicted octanol–water partition coefficient (Wildman–Crippen LogP) is 3.64.